The van der Waals surface area contributed by atoms with Crippen LogP contribution in [0.3, 0.4) is 0 Å². The van der Waals surface area contributed by atoms with Gasteiger partial charge in [0.15, 0.2) is 0 Å². The summed E-state index contributed by atoms with van der Waals surface area (Å²) >= 11 is 5.88. The van der Waals surface area contributed by atoms with Crippen molar-refractivity contribution in [3.8, 4) is 11.1 Å². The quantitative estimate of drug-likeness (QED) is 0.558. The molecule has 0 aromatic heterocycles. The van der Waals surface area contributed by atoms with Crippen LogP contribution in [-0.2, 0) is 11.2 Å². The predicted molar refractivity (Wildman–Crippen MR) is 107 cm³/mol. The van der Waals surface area contributed by atoms with Crippen molar-refractivity contribution in [2.24, 2.45) is 0 Å². The number of carbonyl (C=O) groups excluding carboxylic acids is 2. The lowest BCUT2D eigenvalue weighted by atomic mass is 10.1. The van der Waals surface area contributed by atoms with Gasteiger partial charge in [-0.25, -0.2) is 0 Å². The summed E-state index contributed by atoms with van der Waals surface area (Å²) in [7, 11) is 0. The minimum Gasteiger partial charge on any atom is -0.343 e. The van der Waals surface area contributed by atoms with Crippen LogP contribution in [0, 0.1) is 0 Å². The summed E-state index contributed by atoms with van der Waals surface area (Å²) in [4.78, 5) is 24.3. The van der Waals surface area contributed by atoms with E-state index in [2.05, 4.69) is 22.8 Å². The Morgan fingerprint density at radius 2 is 1.70 bits per heavy atom. The first-order valence-corrected chi connectivity index (χ1v) is 9.03. The van der Waals surface area contributed by atoms with Crippen LogP contribution in [0.1, 0.15) is 21.5 Å². The van der Waals surface area contributed by atoms with Gasteiger partial charge in [0.05, 0.1) is 6.54 Å². The van der Waals surface area contributed by atoms with Gasteiger partial charge in [-0.3, -0.25) is 9.59 Å². The van der Waals surface area contributed by atoms with E-state index in [1.165, 1.54) is 16.7 Å². The summed E-state index contributed by atoms with van der Waals surface area (Å²) in [6.45, 7) is -0.112. The first-order valence-electron chi connectivity index (χ1n) is 8.65. The molecule has 0 bridgehead atoms. The van der Waals surface area contributed by atoms with Crippen molar-refractivity contribution in [1.29, 1.82) is 0 Å². The first kappa shape index (κ1) is 17.3. The number of amides is 2. The Labute approximate surface area is 162 Å². The van der Waals surface area contributed by atoms with Crippen molar-refractivity contribution < 1.29 is 9.59 Å². The Kier molecular flexibility index (Phi) is 4.65. The van der Waals surface area contributed by atoms with Crippen LogP contribution in [0.4, 0.5) is 5.69 Å². The molecule has 27 heavy (non-hydrogen) atoms. The van der Waals surface area contributed by atoms with Gasteiger partial charge in [0.1, 0.15) is 0 Å². The van der Waals surface area contributed by atoms with E-state index in [-0.39, 0.29) is 18.4 Å². The summed E-state index contributed by atoms with van der Waals surface area (Å²) in [5.74, 6) is -0.618. The highest BCUT2D eigenvalue weighted by atomic mass is 35.5. The van der Waals surface area contributed by atoms with E-state index >= 15 is 0 Å². The van der Waals surface area contributed by atoms with Crippen molar-refractivity contribution in [2.75, 3.05) is 11.9 Å². The van der Waals surface area contributed by atoms with Crippen LogP contribution >= 0.6 is 11.6 Å². The zero-order valence-corrected chi connectivity index (χ0v) is 15.2. The van der Waals surface area contributed by atoms with Crippen LogP contribution in [0.25, 0.3) is 11.1 Å². The van der Waals surface area contributed by atoms with Crippen LogP contribution in [0.5, 0.6) is 0 Å². The van der Waals surface area contributed by atoms with E-state index in [1.54, 1.807) is 24.3 Å². The van der Waals surface area contributed by atoms with E-state index in [9.17, 15) is 9.59 Å². The SMILES string of the molecule is O=C(CNC(=O)c1cccc(Cl)c1)Nc1ccc2c(c1)-c1ccccc1C2. The molecule has 134 valence electrons. The number of halogens is 1. The van der Waals surface area contributed by atoms with Gasteiger partial charge in [0, 0.05) is 16.3 Å². The van der Waals surface area contributed by atoms with Gasteiger partial charge in [-0.05, 0) is 59.0 Å². The largest absolute Gasteiger partial charge is 0.343 e. The summed E-state index contributed by atoms with van der Waals surface area (Å²) in [5.41, 5.74) is 6.04. The van der Waals surface area contributed by atoms with E-state index in [4.69, 9.17) is 11.6 Å². The average Bonchev–Trinajstić information content (AvgIpc) is 3.04. The molecule has 5 heteroatoms. The second kappa shape index (κ2) is 7.25. The maximum absolute atomic E-state index is 12.2. The number of hydrogen-bond acceptors (Lipinski definition) is 2. The molecule has 0 saturated carbocycles. The summed E-state index contributed by atoms with van der Waals surface area (Å²) < 4.78 is 0. The minimum atomic E-state index is -0.337. The number of nitrogens with one attached hydrogen (secondary N) is 2. The Hall–Kier alpha value is -3.11. The lowest BCUT2D eigenvalue weighted by Crippen LogP contribution is -2.32. The zero-order chi connectivity index (χ0) is 18.8. The van der Waals surface area contributed by atoms with Crippen molar-refractivity contribution in [1.82, 2.24) is 5.32 Å². The standard InChI is InChI=1S/C22H17ClN2O2/c23-17-6-3-5-16(11-17)22(27)24-13-21(26)25-18-9-8-15-10-14-4-1-2-7-19(14)20(15)12-18/h1-9,11-12H,10,13H2,(H,24,27)(H,25,26). The second-order valence-corrected chi connectivity index (χ2v) is 6.88. The maximum atomic E-state index is 12.2. The van der Waals surface area contributed by atoms with Gasteiger partial charge in [0.2, 0.25) is 5.91 Å². The molecule has 0 unspecified atom stereocenters. The highest BCUT2D eigenvalue weighted by Gasteiger charge is 2.18. The molecule has 4 rings (SSSR count). The number of fused-ring (bicyclic) bond motifs is 3. The van der Waals surface area contributed by atoms with Gasteiger partial charge in [-0.15, -0.1) is 0 Å². The third kappa shape index (κ3) is 3.71. The molecule has 0 radical (unpaired) electrons. The number of benzene rings is 3. The molecule has 0 heterocycles. The molecule has 3 aromatic rings. The first-order chi connectivity index (χ1) is 13.1. The molecule has 4 nitrogen and oxygen atoms in total. The van der Waals surface area contributed by atoms with Gasteiger partial charge in [-0.2, -0.15) is 0 Å². The van der Waals surface area contributed by atoms with Crippen molar-refractivity contribution in [3.05, 3.63) is 88.4 Å². The van der Waals surface area contributed by atoms with Crippen molar-refractivity contribution >= 4 is 29.1 Å². The van der Waals surface area contributed by atoms with E-state index in [0.29, 0.717) is 16.3 Å². The van der Waals surface area contributed by atoms with E-state index < -0.39 is 0 Å². The Bertz CT molecular complexity index is 1050. The molecule has 2 amide bonds. The fraction of sp³-hybridized carbons (Fsp3) is 0.0909. The summed E-state index contributed by atoms with van der Waals surface area (Å²) in [6.07, 6.45) is 0.912. The van der Waals surface area contributed by atoms with Gasteiger partial charge in [0.25, 0.3) is 5.91 Å². The zero-order valence-electron chi connectivity index (χ0n) is 14.5. The van der Waals surface area contributed by atoms with Crippen molar-refractivity contribution in [3.63, 3.8) is 0 Å². The fourth-order valence-corrected chi connectivity index (χ4v) is 3.49. The topological polar surface area (TPSA) is 58.2 Å². The van der Waals surface area contributed by atoms with E-state index in [1.807, 2.05) is 30.3 Å². The molecule has 0 aliphatic heterocycles. The lowest BCUT2D eigenvalue weighted by molar-refractivity contribution is -0.115. The predicted octanol–water partition coefficient (Wildman–Crippen LogP) is 4.28. The Balaban J connectivity index is 1.40. The van der Waals surface area contributed by atoms with Crippen LogP contribution in [-0.4, -0.2) is 18.4 Å². The Morgan fingerprint density at radius 1 is 0.889 bits per heavy atom. The highest BCUT2D eigenvalue weighted by molar-refractivity contribution is 6.31. The van der Waals surface area contributed by atoms with Gasteiger partial charge in [-0.1, -0.05) is 48.0 Å². The third-order valence-corrected chi connectivity index (χ3v) is 4.81. The average molecular weight is 377 g/mol. The monoisotopic (exact) mass is 376 g/mol. The van der Waals surface area contributed by atoms with Gasteiger partial charge < -0.3 is 10.6 Å². The maximum Gasteiger partial charge on any atom is 0.251 e. The highest BCUT2D eigenvalue weighted by Crippen LogP contribution is 2.37. The molecule has 0 saturated heterocycles. The smallest absolute Gasteiger partial charge is 0.251 e. The molecule has 0 spiro atoms. The summed E-state index contributed by atoms with van der Waals surface area (Å²) in [6, 6.07) is 20.8. The normalized spacial score (nSPS) is 11.4. The molecule has 1 aliphatic carbocycles. The molecular weight excluding hydrogens is 360 g/mol. The lowest BCUT2D eigenvalue weighted by Gasteiger charge is -2.09. The van der Waals surface area contributed by atoms with Crippen molar-refractivity contribution in [2.45, 2.75) is 6.42 Å². The number of anilines is 1. The number of rotatable bonds is 4. The third-order valence-electron chi connectivity index (χ3n) is 4.58. The number of hydrogen-bond donors (Lipinski definition) is 2. The molecule has 0 fully saturated rings. The van der Waals surface area contributed by atoms with Crippen LogP contribution in [0.2, 0.25) is 5.02 Å². The van der Waals surface area contributed by atoms with Crippen LogP contribution < -0.4 is 10.6 Å². The fourth-order valence-electron chi connectivity index (χ4n) is 3.30. The molecule has 2 N–H and O–H groups in total. The molecule has 0 atom stereocenters. The number of carbonyl (C=O) groups is 2. The van der Waals surface area contributed by atoms with Crippen LogP contribution in [0.15, 0.2) is 66.7 Å². The van der Waals surface area contributed by atoms with Gasteiger partial charge >= 0.3 is 0 Å². The summed E-state index contributed by atoms with van der Waals surface area (Å²) in [5, 5.41) is 5.92. The molecule has 1 aliphatic rings. The van der Waals surface area contributed by atoms with E-state index in [0.717, 1.165) is 12.0 Å². The molecule has 3 aromatic carbocycles. The minimum absolute atomic E-state index is 0.112. The second-order valence-electron chi connectivity index (χ2n) is 6.45. The Morgan fingerprint density at radius 3 is 2.56 bits per heavy atom. The molecular formula is C22H17ClN2O2.